The number of ketones is 1. The van der Waals surface area contributed by atoms with Crippen LogP contribution in [0.4, 0.5) is 21.0 Å². The molecule has 4 saturated carbocycles. The van der Waals surface area contributed by atoms with Crippen molar-refractivity contribution in [2.45, 2.75) is 165 Å². The summed E-state index contributed by atoms with van der Waals surface area (Å²) < 4.78 is 48.9. The van der Waals surface area contributed by atoms with Gasteiger partial charge in [-0.15, -0.1) is 0 Å². The van der Waals surface area contributed by atoms with Gasteiger partial charge in [0.1, 0.15) is 55.1 Å². The lowest BCUT2D eigenvalue weighted by atomic mass is 9.44. The van der Waals surface area contributed by atoms with Crippen LogP contribution in [0.1, 0.15) is 85.5 Å². The standard InChI is InChI=1S/C53H70Cl2N2O16/c1-25-15-18-53(67-23-25)26(2)39-36(73-53)20-30-29-14-13-27-19-28(16-17-51(27,3)40(29)35(59)21-52(30,39)4)68-47-43(62)41(60)45(37(22-58)69-47)71-48-44(63)42(61)46(72-50(65)57-34-12-8-6-10-32(34)55)38(70-48)24-66-49(64)56-33-11-7-5-9-31(33)54/h5-12,25-30,36-48,58,60-63H,13-24H2,1-4H3,(H,56,64)(H,57,65)/t25-,26+,27+,28+,29+,30+,36?,37-,38-,39?,40-,41-,42-,43-,44-,45-,46-,47-,48+,51+,52+,53-/m1/s1. The first-order valence-electron chi connectivity index (χ1n) is 26.0. The lowest BCUT2D eigenvalue weighted by molar-refractivity contribution is -0.363. The zero-order valence-corrected chi connectivity index (χ0v) is 43.1. The van der Waals surface area contributed by atoms with Crippen LogP contribution in [0.15, 0.2) is 48.5 Å². The number of rotatable bonds is 10. The number of para-hydroxylation sites is 2. The molecule has 18 nitrogen and oxygen atoms in total. The highest BCUT2D eigenvalue weighted by atomic mass is 35.5. The molecule has 2 unspecified atom stereocenters. The average Bonchev–Trinajstić information content (AvgIpc) is 3.80. The highest BCUT2D eigenvalue weighted by molar-refractivity contribution is 6.34. The molecule has 20 heteroatoms. The van der Waals surface area contributed by atoms with Crippen LogP contribution < -0.4 is 10.6 Å². The Morgan fingerprint density at radius 1 is 0.767 bits per heavy atom. The van der Waals surface area contributed by atoms with E-state index in [2.05, 4.69) is 38.3 Å². The molecule has 0 bridgehead atoms. The van der Waals surface area contributed by atoms with Crippen LogP contribution in [0, 0.1) is 52.3 Å². The van der Waals surface area contributed by atoms with Gasteiger partial charge >= 0.3 is 12.2 Å². The minimum atomic E-state index is -1.96. The van der Waals surface area contributed by atoms with E-state index in [9.17, 15) is 39.9 Å². The third kappa shape index (κ3) is 9.82. The van der Waals surface area contributed by atoms with Crippen molar-refractivity contribution in [3.63, 3.8) is 0 Å². The molecule has 2 amide bonds. The topological polar surface area (TPSA) is 250 Å². The van der Waals surface area contributed by atoms with Crippen LogP contribution in [0.5, 0.6) is 0 Å². The van der Waals surface area contributed by atoms with Gasteiger partial charge in [-0.2, -0.15) is 0 Å². The van der Waals surface area contributed by atoms with E-state index in [1.807, 2.05) is 0 Å². The number of hydrogen-bond donors (Lipinski definition) is 7. The van der Waals surface area contributed by atoms with Crippen molar-refractivity contribution in [1.29, 1.82) is 0 Å². The summed E-state index contributed by atoms with van der Waals surface area (Å²) in [5.41, 5.74) is 0.0212. The molecule has 73 heavy (non-hydrogen) atoms. The molecular formula is C53H70Cl2N2O16. The number of carbonyl (C=O) groups is 3. The number of nitrogens with one attached hydrogen (secondary N) is 2. The molecule has 4 heterocycles. The summed E-state index contributed by atoms with van der Waals surface area (Å²) in [4.78, 5) is 40.7. The summed E-state index contributed by atoms with van der Waals surface area (Å²) in [5, 5.41) is 62.0. The van der Waals surface area contributed by atoms with Crippen LogP contribution >= 0.6 is 23.2 Å². The first kappa shape index (κ1) is 53.2. The predicted molar refractivity (Wildman–Crippen MR) is 262 cm³/mol. The van der Waals surface area contributed by atoms with E-state index in [-0.39, 0.29) is 67.9 Å². The van der Waals surface area contributed by atoms with E-state index in [0.717, 1.165) is 38.5 Å². The SMILES string of the molecule is C[C@@H]1CC[C@@]2(OC1)OC1C[C@H]3[C@@H]4CC[C@H]5C[C@@H](O[C@@H]6O[C@H](CO)[C@@H](O[C@@H]7O[C@H](COC(=O)Nc8ccccc8Cl)[C@@H](OC(=O)Nc8ccccc8Cl)[C@H](O)[C@H]7O)[C@H](O)[C@H]6O)CC[C@]5(C)[C@H]4C(=O)C[C@]3(C)C1[C@@H]2C. The Morgan fingerprint density at radius 2 is 1.41 bits per heavy atom. The summed E-state index contributed by atoms with van der Waals surface area (Å²) in [6, 6.07) is 12.7. The normalized spacial score (nSPS) is 45.1. The molecule has 7 N–H and O–H groups in total. The maximum Gasteiger partial charge on any atom is 0.412 e. The van der Waals surface area contributed by atoms with Crippen LogP contribution in [-0.4, -0.2) is 143 Å². The molecule has 2 aromatic rings. The Hall–Kier alpha value is -3.21. The second kappa shape index (κ2) is 21.0. The summed E-state index contributed by atoms with van der Waals surface area (Å²) in [6.07, 6.45) is -11.8. The Kier molecular flexibility index (Phi) is 15.3. The molecule has 1 spiro atoms. The summed E-state index contributed by atoms with van der Waals surface area (Å²) in [7, 11) is 0. The number of aliphatic hydroxyl groups excluding tert-OH is 5. The van der Waals surface area contributed by atoms with Gasteiger partial charge in [0.15, 0.2) is 24.5 Å². The van der Waals surface area contributed by atoms with Crippen molar-refractivity contribution in [3.05, 3.63) is 58.6 Å². The predicted octanol–water partition coefficient (Wildman–Crippen LogP) is 6.44. The number of amides is 2. The van der Waals surface area contributed by atoms with E-state index in [1.54, 1.807) is 30.3 Å². The maximum atomic E-state index is 14.7. The molecule has 8 aliphatic rings. The molecular weight excluding hydrogens is 991 g/mol. The van der Waals surface area contributed by atoms with Crippen LogP contribution in [-0.2, 0) is 42.7 Å². The lowest BCUT2D eigenvalue weighted by Gasteiger charge is -2.60. The monoisotopic (exact) mass is 1060 g/mol. The van der Waals surface area contributed by atoms with Crippen molar-refractivity contribution in [2.75, 3.05) is 30.5 Å². The Balaban J connectivity index is 0.775. The van der Waals surface area contributed by atoms with Crippen molar-refractivity contribution in [3.8, 4) is 0 Å². The summed E-state index contributed by atoms with van der Waals surface area (Å²) in [5.74, 6) is 1.54. The first-order valence-corrected chi connectivity index (χ1v) is 26.8. The number of Topliss-reactive ketones (excluding diaryl/α,β-unsaturated/α-hetero) is 1. The van der Waals surface area contributed by atoms with Crippen molar-refractivity contribution < 1.29 is 77.8 Å². The number of anilines is 2. The number of halogens is 2. The fourth-order valence-corrected chi connectivity index (χ4v) is 15.2. The highest BCUT2D eigenvalue weighted by Crippen LogP contribution is 2.70. The van der Waals surface area contributed by atoms with E-state index >= 15 is 0 Å². The Bertz CT molecular complexity index is 2340. The molecule has 402 valence electrons. The fraction of sp³-hybridized carbons (Fsp3) is 0.717. The number of hydrogen-bond acceptors (Lipinski definition) is 16. The molecule has 22 atom stereocenters. The van der Waals surface area contributed by atoms with Crippen LogP contribution in [0.2, 0.25) is 10.0 Å². The zero-order valence-electron chi connectivity index (χ0n) is 41.6. The summed E-state index contributed by atoms with van der Waals surface area (Å²) >= 11 is 12.4. The lowest BCUT2D eigenvalue weighted by Crippen LogP contribution is -2.65. The van der Waals surface area contributed by atoms with Gasteiger partial charge in [0.05, 0.1) is 46.8 Å². The van der Waals surface area contributed by atoms with Gasteiger partial charge in [-0.05, 0) is 110 Å². The van der Waals surface area contributed by atoms with Gasteiger partial charge in [-0.3, -0.25) is 15.4 Å². The second-order valence-corrected chi connectivity index (χ2v) is 23.5. The Labute approximate surface area is 434 Å². The molecule has 4 aliphatic carbocycles. The number of ether oxygens (including phenoxy) is 8. The second-order valence-electron chi connectivity index (χ2n) is 22.7. The van der Waals surface area contributed by atoms with Crippen molar-refractivity contribution in [2.24, 2.45) is 52.3 Å². The van der Waals surface area contributed by atoms with E-state index in [1.165, 1.54) is 18.2 Å². The van der Waals surface area contributed by atoms with E-state index < -0.39 is 98.7 Å². The molecule has 8 fully saturated rings. The minimum Gasteiger partial charge on any atom is -0.446 e. The van der Waals surface area contributed by atoms with Gasteiger partial charge in [0, 0.05) is 24.7 Å². The van der Waals surface area contributed by atoms with Gasteiger partial charge in [-0.25, -0.2) is 9.59 Å². The first-order chi connectivity index (χ1) is 34.8. The fourth-order valence-electron chi connectivity index (χ4n) is 14.8. The maximum absolute atomic E-state index is 14.7. The van der Waals surface area contributed by atoms with E-state index in [4.69, 9.17) is 61.1 Å². The number of carbonyl (C=O) groups excluding carboxylic acids is 3. The van der Waals surface area contributed by atoms with Gasteiger partial charge in [0.25, 0.3) is 0 Å². The van der Waals surface area contributed by atoms with Gasteiger partial charge in [-0.1, -0.05) is 75.2 Å². The molecule has 10 rings (SSSR count). The minimum absolute atomic E-state index is 0.0740. The highest BCUT2D eigenvalue weighted by Gasteiger charge is 2.71. The van der Waals surface area contributed by atoms with Gasteiger partial charge < -0.3 is 63.4 Å². The van der Waals surface area contributed by atoms with Crippen LogP contribution in [0.3, 0.4) is 0 Å². The Morgan fingerprint density at radius 3 is 2.07 bits per heavy atom. The number of benzene rings is 2. The smallest absolute Gasteiger partial charge is 0.412 e. The molecule has 4 saturated heterocycles. The molecule has 2 aromatic carbocycles. The summed E-state index contributed by atoms with van der Waals surface area (Å²) in [6.45, 7) is 8.45. The molecule has 4 aliphatic heterocycles. The average molecular weight is 1060 g/mol. The third-order valence-corrected chi connectivity index (χ3v) is 19.1. The molecule has 0 radical (unpaired) electrons. The van der Waals surface area contributed by atoms with Crippen molar-refractivity contribution >= 4 is 52.5 Å². The van der Waals surface area contributed by atoms with Gasteiger partial charge in [0.2, 0.25) is 0 Å². The largest absolute Gasteiger partial charge is 0.446 e. The third-order valence-electron chi connectivity index (χ3n) is 18.5. The number of aliphatic hydroxyl groups is 5. The molecule has 0 aromatic heterocycles. The quantitative estimate of drug-likeness (QED) is 0.127. The van der Waals surface area contributed by atoms with E-state index in [0.29, 0.717) is 43.5 Å². The number of fused-ring (bicyclic) bond motifs is 7. The van der Waals surface area contributed by atoms with Crippen LogP contribution in [0.25, 0.3) is 0 Å². The zero-order chi connectivity index (χ0) is 51.7. The van der Waals surface area contributed by atoms with Crippen molar-refractivity contribution in [1.82, 2.24) is 0 Å².